The van der Waals surface area contributed by atoms with E-state index in [1.54, 1.807) is 0 Å². The van der Waals surface area contributed by atoms with Crippen LogP contribution in [0.5, 0.6) is 0 Å². The molecule has 1 atom stereocenters. The van der Waals surface area contributed by atoms with Gasteiger partial charge in [0, 0.05) is 25.7 Å². The zero-order chi connectivity index (χ0) is 25.7. The molecule has 1 heterocycles. The average Bonchev–Trinajstić information content (AvgIpc) is 2.80. The molecule has 0 bridgehead atoms. The van der Waals surface area contributed by atoms with Crippen molar-refractivity contribution in [1.29, 1.82) is 0 Å². The van der Waals surface area contributed by atoms with Crippen molar-refractivity contribution in [2.75, 3.05) is 13.1 Å². The number of hydrogen-bond acceptors (Lipinski definition) is 2. The molecule has 4 rings (SSSR count). The van der Waals surface area contributed by atoms with Crippen LogP contribution in [-0.4, -0.2) is 29.1 Å². The first-order valence-corrected chi connectivity index (χ1v) is 12.8. The first-order chi connectivity index (χ1) is 17.3. The van der Waals surface area contributed by atoms with Crippen LogP contribution < -0.4 is 0 Å². The molecule has 1 fully saturated rings. The Balaban J connectivity index is 1.31. The fraction of sp³-hybridized carbons (Fsp3) is 0.387. The Morgan fingerprint density at radius 3 is 2.17 bits per heavy atom. The molecular formula is C31H35F2NO2. The number of likely N-dealkylation sites (tertiary alicyclic amines) is 1. The van der Waals surface area contributed by atoms with Gasteiger partial charge in [0.25, 0.3) is 0 Å². The summed E-state index contributed by atoms with van der Waals surface area (Å²) in [6.07, 6.45) is 4.57. The molecule has 1 N–H and O–H groups in total. The van der Waals surface area contributed by atoms with Gasteiger partial charge in [0.1, 0.15) is 11.6 Å². The van der Waals surface area contributed by atoms with Crippen molar-refractivity contribution in [2.24, 2.45) is 5.92 Å². The molecule has 0 aromatic heterocycles. The first-order valence-electron chi connectivity index (χ1n) is 12.8. The van der Waals surface area contributed by atoms with E-state index in [0.29, 0.717) is 13.1 Å². The lowest BCUT2D eigenvalue weighted by molar-refractivity contribution is -0.147. The summed E-state index contributed by atoms with van der Waals surface area (Å²) in [5.74, 6) is -1.92. The number of carboxylic acids is 1. The van der Waals surface area contributed by atoms with E-state index < -0.39 is 17.6 Å². The number of halogens is 2. The molecule has 0 aliphatic carbocycles. The smallest absolute Gasteiger partial charge is 0.309 e. The Kier molecular flexibility index (Phi) is 8.52. The SMILES string of the molecule is Cc1ccc(CC(CCCCc2ccc(CN3CC(C(=O)O)C3)cc2)c2cc(F)cc(F)c2)cc1C. The lowest BCUT2D eigenvalue weighted by Crippen LogP contribution is -2.49. The van der Waals surface area contributed by atoms with Crippen molar-refractivity contribution in [3.8, 4) is 0 Å². The zero-order valence-electron chi connectivity index (χ0n) is 21.1. The van der Waals surface area contributed by atoms with Gasteiger partial charge in [-0.3, -0.25) is 9.69 Å². The van der Waals surface area contributed by atoms with E-state index >= 15 is 0 Å². The molecule has 1 aliphatic rings. The van der Waals surface area contributed by atoms with Crippen LogP contribution in [0.4, 0.5) is 8.78 Å². The number of carboxylic acid groups (broad SMARTS) is 1. The maximum absolute atomic E-state index is 14.0. The molecule has 36 heavy (non-hydrogen) atoms. The molecule has 0 radical (unpaired) electrons. The highest BCUT2D eigenvalue weighted by Crippen LogP contribution is 2.29. The monoisotopic (exact) mass is 491 g/mol. The van der Waals surface area contributed by atoms with Gasteiger partial charge in [-0.25, -0.2) is 8.78 Å². The minimum atomic E-state index is -0.708. The quantitative estimate of drug-likeness (QED) is 0.299. The van der Waals surface area contributed by atoms with Crippen molar-refractivity contribution in [2.45, 2.75) is 58.4 Å². The largest absolute Gasteiger partial charge is 0.481 e. The van der Waals surface area contributed by atoms with Crippen LogP contribution in [0, 0.1) is 31.4 Å². The molecule has 1 saturated heterocycles. The van der Waals surface area contributed by atoms with Gasteiger partial charge < -0.3 is 5.11 Å². The lowest BCUT2D eigenvalue weighted by atomic mass is 9.86. The highest BCUT2D eigenvalue weighted by Gasteiger charge is 2.32. The lowest BCUT2D eigenvalue weighted by Gasteiger charge is -2.36. The minimum Gasteiger partial charge on any atom is -0.481 e. The van der Waals surface area contributed by atoms with Crippen molar-refractivity contribution < 1.29 is 18.7 Å². The van der Waals surface area contributed by atoms with Crippen LogP contribution in [0.25, 0.3) is 0 Å². The predicted octanol–water partition coefficient (Wildman–Crippen LogP) is 6.84. The molecule has 3 nitrogen and oxygen atoms in total. The second kappa shape index (κ2) is 11.8. The number of aliphatic carboxylic acids is 1. The molecule has 0 amide bonds. The number of nitrogens with zero attached hydrogens (tertiary/aromatic N) is 1. The van der Waals surface area contributed by atoms with Gasteiger partial charge in [0.15, 0.2) is 0 Å². The van der Waals surface area contributed by atoms with Gasteiger partial charge in [-0.1, -0.05) is 48.9 Å². The molecule has 1 unspecified atom stereocenters. The van der Waals surface area contributed by atoms with Crippen molar-refractivity contribution >= 4 is 5.97 Å². The van der Waals surface area contributed by atoms with E-state index in [2.05, 4.69) is 61.2 Å². The summed E-state index contributed by atoms with van der Waals surface area (Å²) in [5.41, 5.74) is 6.87. The molecule has 3 aromatic rings. The summed E-state index contributed by atoms with van der Waals surface area (Å²) in [6.45, 7) is 6.21. The third-order valence-electron chi connectivity index (χ3n) is 7.41. The Hall–Kier alpha value is -3.05. The van der Waals surface area contributed by atoms with Crippen molar-refractivity contribution in [3.05, 3.63) is 106 Å². The van der Waals surface area contributed by atoms with Gasteiger partial charge in [0.05, 0.1) is 5.92 Å². The second-order valence-electron chi connectivity index (χ2n) is 10.3. The van der Waals surface area contributed by atoms with Crippen molar-refractivity contribution in [1.82, 2.24) is 4.90 Å². The third-order valence-corrected chi connectivity index (χ3v) is 7.41. The third kappa shape index (κ3) is 7.01. The zero-order valence-corrected chi connectivity index (χ0v) is 21.1. The van der Waals surface area contributed by atoms with E-state index in [0.717, 1.165) is 50.3 Å². The van der Waals surface area contributed by atoms with E-state index in [1.807, 2.05) is 0 Å². The fourth-order valence-electron chi connectivity index (χ4n) is 5.06. The highest BCUT2D eigenvalue weighted by atomic mass is 19.1. The summed E-state index contributed by atoms with van der Waals surface area (Å²) in [5, 5.41) is 9.01. The van der Waals surface area contributed by atoms with Gasteiger partial charge in [-0.2, -0.15) is 0 Å². The maximum Gasteiger partial charge on any atom is 0.309 e. The first kappa shape index (κ1) is 26.0. The number of carbonyl (C=O) groups is 1. The number of aryl methyl sites for hydroxylation is 3. The Labute approximate surface area is 212 Å². The average molecular weight is 492 g/mol. The van der Waals surface area contributed by atoms with Gasteiger partial charge >= 0.3 is 5.97 Å². The van der Waals surface area contributed by atoms with Crippen LogP contribution in [-0.2, 0) is 24.2 Å². The Morgan fingerprint density at radius 1 is 0.889 bits per heavy atom. The normalized spacial score (nSPS) is 15.0. The molecule has 0 spiro atoms. The van der Waals surface area contributed by atoms with Crippen LogP contribution >= 0.6 is 0 Å². The van der Waals surface area contributed by atoms with E-state index in [1.165, 1.54) is 39.9 Å². The second-order valence-corrected chi connectivity index (χ2v) is 10.3. The van der Waals surface area contributed by atoms with Crippen LogP contribution in [0.1, 0.15) is 58.6 Å². The number of rotatable bonds is 11. The molecular weight excluding hydrogens is 456 g/mol. The van der Waals surface area contributed by atoms with Gasteiger partial charge in [-0.15, -0.1) is 0 Å². The van der Waals surface area contributed by atoms with E-state index in [-0.39, 0.29) is 11.8 Å². The summed E-state index contributed by atoms with van der Waals surface area (Å²) in [6, 6.07) is 18.9. The molecule has 1 aliphatic heterocycles. The standard InChI is InChI=1S/C31H35F2NO2/c1-21-7-8-25(13-22(21)2)14-26(27-15-29(32)17-30(33)16-27)6-4-3-5-23-9-11-24(12-10-23)18-34-19-28(20-34)31(35)36/h7-13,15-17,26,28H,3-6,14,18-20H2,1-2H3,(H,35,36). The minimum absolute atomic E-state index is 0.0610. The van der Waals surface area contributed by atoms with Crippen LogP contribution in [0.3, 0.4) is 0 Å². The molecule has 0 saturated carbocycles. The summed E-state index contributed by atoms with van der Waals surface area (Å²) in [7, 11) is 0. The van der Waals surface area contributed by atoms with Crippen LogP contribution in [0.2, 0.25) is 0 Å². The predicted molar refractivity (Wildman–Crippen MR) is 139 cm³/mol. The highest BCUT2D eigenvalue weighted by molar-refractivity contribution is 5.71. The van der Waals surface area contributed by atoms with Crippen molar-refractivity contribution in [3.63, 3.8) is 0 Å². The summed E-state index contributed by atoms with van der Waals surface area (Å²) < 4.78 is 28.0. The summed E-state index contributed by atoms with van der Waals surface area (Å²) in [4.78, 5) is 13.1. The summed E-state index contributed by atoms with van der Waals surface area (Å²) >= 11 is 0. The van der Waals surface area contributed by atoms with Gasteiger partial charge in [0.2, 0.25) is 0 Å². The van der Waals surface area contributed by atoms with E-state index in [9.17, 15) is 13.6 Å². The fourth-order valence-corrected chi connectivity index (χ4v) is 5.06. The topological polar surface area (TPSA) is 40.5 Å². The Bertz CT molecular complexity index is 1170. The Morgan fingerprint density at radius 2 is 1.53 bits per heavy atom. The molecule has 190 valence electrons. The van der Waals surface area contributed by atoms with Crippen LogP contribution in [0.15, 0.2) is 60.7 Å². The van der Waals surface area contributed by atoms with E-state index in [4.69, 9.17) is 5.11 Å². The molecule has 5 heteroatoms. The number of hydrogen-bond donors (Lipinski definition) is 1. The maximum atomic E-state index is 14.0. The molecule has 3 aromatic carbocycles. The number of benzene rings is 3. The number of unbranched alkanes of at least 4 members (excludes halogenated alkanes) is 1. The van der Waals surface area contributed by atoms with Gasteiger partial charge in [-0.05, 0) is 91.0 Å².